The van der Waals surface area contributed by atoms with Gasteiger partial charge in [-0.1, -0.05) is 60.0 Å². The van der Waals surface area contributed by atoms with Crippen LogP contribution in [0.4, 0.5) is 0 Å². The number of carboxylic acid groups (broad SMARTS) is 1. The van der Waals surface area contributed by atoms with Crippen molar-refractivity contribution in [3.8, 4) is 0 Å². The second-order valence-corrected chi connectivity index (χ2v) is 6.16. The van der Waals surface area contributed by atoms with E-state index in [0.29, 0.717) is 25.0 Å². The Bertz CT molecular complexity index is 385. The summed E-state index contributed by atoms with van der Waals surface area (Å²) in [6.45, 7) is 10.1. The zero-order chi connectivity index (χ0) is 17.2. The van der Waals surface area contributed by atoms with Gasteiger partial charge in [0.15, 0.2) is 0 Å². The minimum absolute atomic E-state index is 0.0978. The molecule has 0 saturated carbocycles. The molecule has 0 bridgehead atoms. The summed E-state index contributed by atoms with van der Waals surface area (Å²) in [5.41, 5.74) is -0.814. The van der Waals surface area contributed by atoms with Crippen molar-refractivity contribution in [3.63, 3.8) is 0 Å². The summed E-state index contributed by atoms with van der Waals surface area (Å²) in [4.78, 5) is 24.4. The second kappa shape index (κ2) is 10.4. The molecule has 0 amide bonds. The van der Waals surface area contributed by atoms with Crippen molar-refractivity contribution in [1.82, 2.24) is 0 Å². The summed E-state index contributed by atoms with van der Waals surface area (Å²) >= 11 is 0. The van der Waals surface area contributed by atoms with Crippen LogP contribution >= 0.6 is 0 Å². The Morgan fingerprint density at radius 1 is 1.14 bits per heavy atom. The summed E-state index contributed by atoms with van der Waals surface area (Å²) in [6, 6.07) is 0. The molecule has 1 atom stereocenters. The van der Waals surface area contributed by atoms with Crippen molar-refractivity contribution < 1.29 is 19.4 Å². The summed E-state index contributed by atoms with van der Waals surface area (Å²) in [5.74, 6) is -1.30. The number of carbonyl (C=O) groups excluding carboxylic acids is 1. The normalized spacial score (nSPS) is 14.7. The first-order chi connectivity index (χ1) is 10.4. The Balaban J connectivity index is 5.57. The van der Waals surface area contributed by atoms with Crippen LogP contribution in [0.25, 0.3) is 0 Å². The first-order valence-electron chi connectivity index (χ1n) is 8.48. The van der Waals surface area contributed by atoms with Gasteiger partial charge in [-0.3, -0.25) is 4.79 Å². The molecule has 22 heavy (non-hydrogen) atoms. The SMILES string of the molecule is CCCCOC(=O)C(=CC(C)C)C(CC)(CCCC)C(=O)O. The number of esters is 1. The predicted molar refractivity (Wildman–Crippen MR) is 88.7 cm³/mol. The van der Waals surface area contributed by atoms with Crippen LogP contribution in [0.2, 0.25) is 0 Å². The van der Waals surface area contributed by atoms with Gasteiger partial charge in [-0.05, 0) is 25.2 Å². The van der Waals surface area contributed by atoms with E-state index in [1.165, 1.54) is 0 Å². The third-order valence-corrected chi connectivity index (χ3v) is 3.94. The third-order valence-electron chi connectivity index (χ3n) is 3.94. The molecule has 0 heterocycles. The van der Waals surface area contributed by atoms with E-state index in [-0.39, 0.29) is 5.92 Å². The van der Waals surface area contributed by atoms with Gasteiger partial charge in [0.25, 0.3) is 0 Å². The fourth-order valence-electron chi connectivity index (χ4n) is 2.50. The van der Waals surface area contributed by atoms with Crippen molar-refractivity contribution in [2.75, 3.05) is 6.61 Å². The van der Waals surface area contributed by atoms with Crippen LogP contribution in [0.5, 0.6) is 0 Å². The van der Waals surface area contributed by atoms with E-state index in [2.05, 4.69) is 0 Å². The monoisotopic (exact) mass is 312 g/mol. The highest BCUT2D eigenvalue weighted by Gasteiger charge is 2.43. The highest BCUT2D eigenvalue weighted by atomic mass is 16.5. The van der Waals surface area contributed by atoms with Gasteiger partial charge in [0.2, 0.25) is 0 Å². The molecule has 0 spiro atoms. The van der Waals surface area contributed by atoms with Crippen LogP contribution < -0.4 is 0 Å². The standard InChI is InChI=1S/C18H32O4/c1-6-9-11-18(8-3,17(20)21)15(13-14(4)5)16(19)22-12-10-7-2/h13-14H,6-12H2,1-5H3,(H,20,21). The molecule has 128 valence electrons. The number of rotatable bonds is 11. The lowest BCUT2D eigenvalue weighted by molar-refractivity contribution is -0.152. The lowest BCUT2D eigenvalue weighted by Crippen LogP contribution is -2.37. The smallest absolute Gasteiger partial charge is 0.334 e. The molecule has 0 aromatic heterocycles. The first-order valence-corrected chi connectivity index (χ1v) is 8.48. The van der Waals surface area contributed by atoms with Gasteiger partial charge in [-0.15, -0.1) is 0 Å². The Morgan fingerprint density at radius 3 is 2.14 bits per heavy atom. The predicted octanol–water partition coefficient (Wildman–Crippen LogP) is 4.58. The van der Waals surface area contributed by atoms with Crippen LogP contribution in [-0.4, -0.2) is 23.7 Å². The van der Waals surface area contributed by atoms with Gasteiger partial charge in [-0.2, -0.15) is 0 Å². The lowest BCUT2D eigenvalue weighted by atomic mass is 9.72. The topological polar surface area (TPSA) is 63.6 Å². The van der Waals surface area contributed by atoms with E-state index in [1.807, 2.05) is 34.6 Å². The first kappa shape index (κ1) is 20.7. The number of carbonyl (C=O) groups is 2. The Kier molecular flexibility index (Phi) is 9.79. The minimum Gasteiger partial charge on any atom is -0.481 e. The van der Waals surface area contributed by atoms with E-state index < -0.39 is 17.4 Å². The molecule has 1 unspecified atom stereocenters. The van der Waals surface area contributed by atoms with E-state index in [9.17, 15) is 14.7 Å². The molecule has 4 nitrogen and oxygen atoms in total. The molecular weight excluding hydrogens is 280 g/mol. The number of aliphatic carboxylic acids is 1. The summed E-state index contributed by atoms with van der Waals surface area (Å²) in [7, 11) is 0. The van der Waals surface area contributed by atoms with Gasteiger partial charge in [-0.25, -0.2) is 4.79 Å². The van der Waals surface area contributed by atoms with E-state index in [1.54, 1.807) is 6.08 Å². The van der Waals surface area contributed by atoms with Crippen LogP contribution in [0.1, 0.15) is 73.1 Å². The fraction of sp³-hybridized carbons (Fsp3) is 0.778. The van der Waals surface area contributed by atoms with Crippen molar-refractivity contribution in [1.29, 1.82) is 0 Å². The van der Waals surface area contributed by atoms with Crippen molar-refractivity contribution in [2.24, 2.45) is 11.3 Å². The van der Waals surface area contributed by atoms with E-state index in [4.69, 9.17) is 4.74 Å². The van der Waals surface area contributed by atoms with Gasteiger partial charge < -0.3 is 9.84 Å². The number of carboxylic acids is 1. The average Bonchev–Trinajstić information content (AvgIpc) is 2.46. The number of hydrogen-bond acceptors (Lipinski definition) is 3. The number of allylic oxidation sites excluding steroid dienone is 1. The van der Waals surface area contributed by atoms with Crippen molar-refractivity contribution >= 4 is 11.9 Å². The van der Waals surface area contributed by atoms with E-state index in [0.717, 1.165) is 25.7 Å². The van der Waals surface area contributed by atoms with E-state index >= 15 is 0 Å². The zero-order valence-corrected chi connectivity index (χ0v) is 14.8. The Hall–Kier alpha value is -1.32. The molecule has 0 aliphatic rings. The highest BCUT2D eigenvalue weighted by Crippen LogP contribution is 2.39. The second-order valence-electron chi connectivity index (χ2n) is 6.16. The molecule has 0 saturated heterocycles. The molecule has 0 fully saturated rings. The molecule has 4 heteroatoms. The number of unbranched alkanes of at least 4 members (excludes halogenated alkanes) is 2. The number of hydrogen-bond donors (Lipinski definition) is 1. The van der Waals surface area contributed by atoms with Crippen LogP contribution in [0.15, 0.2) is 11.6 Å². The van der Waals surface area contributed by atoms with Gasteiger partial charge in [0.05, 0.1) is 17.6 Å². The largest absolute Gasteiger partial charge is 0.481 e. The lowest BCUT2D eigenvalue weighted by Gasteiger charge is -2.30. The quantitative estimate of drug-likeness (QED) is 0.344. The molecular formula is C18H32O4. The molecule has 0 aliphatic heterocycles. The van der Waals surface area contributed by atoms with Gasteiger partial charge in [0.1, 0.15) is 0 Å². The summed E-state index contributed by atoms with van der Waals surface area (Å²) in [5, 5.41) is 9.81. The zero-order valence-electron chi connectivity index (χ0n) is 14.8. The molecule has 0 aromatic carbocycles. The Labute approximate surface area is 134 Å². The van der Waals surface area contributed by atoms with Crippen LogP contribution in [-0.2, 0) is 14.3 Å². The maximum Gasteiger partial charge on any atom is 0.334 e. The third kappa shape index (κ3) is 5.82. The molecule has 0 aromatic rings. The number of ether oxygens (including phenoxy) is 1. The fourth-order valence-corrected chi connectivity index (χ4v) is 2.50. The summed E-state index contributed by atoms with van der Waals surface area (Å²) < 4.78 is 5.31. The maximum atomic E-state index is 12.5. The van der Waals surface area contributed by atoms with Gasteiger partial charge >= 0.3 is 11.9 Å². The summed E-state index contributed by atoms with van der Waals surface area (Å²) in [6.07, 6.45) is 6.03. The molecule has 1 N–H and O–H groups in total. The molecule has 0 rings (SSSR count). The van der Waals surface area contributed by atoms with Crippen molar-refractivity contribution in [2.45, 2.75) is 73.1 Å². The average molecular weight is 312 g/mol. The molecule has 0 aliphatic carbocycles. The van der Waals surface area contributed by atoms with Gasteiger partial charge in [0, 0.05) is 0 Å². The minimum atomic E-state index is -1.14. The molecule has 0 radical (unpaired) electrons. The maximum absolute atomic E-state index is 12.5. The van der Waals surface area contributed by atoms with Crippen LogP contribution in [0.3, 0.4) is 0 Å². The highest BCUT2D eigenvalue weighted by molar-refractivity contribution is 5.97. The van der Waals surface area contributed by atoms with Crippen LogP contribution in [0, 0.1) is 11.3 Å². The van der Waals surface area contributed by atoms with Crippen molar-refractivity contribution in [3.05, 3.63) is 11.6 Å². The Morgan fingerprint density at radius 2 is 1.73 bits per heavy atom.